The Bertz CT molecular complexity index is 1450. The van der Waals surface area contributed by atoms with E-state index < -0.39 is 16.8 Å². The largest absolute Gasteiger partial charge is 0.465 e. The van der Waals surface area contributed by atoms with Crippen molar-refractivity contribution in [3.05, 3.63) is 61.8 Å². The number of anilines is 1. The number of benzene rings is 1. The second-order valence-corrected chi connectivity index (χ2v) is 10.9. The van der Waals surface area contributed by atoms with Gasteiger partial charge < -0.3 is 14.6 Å². The van der Waals surface area contributed by atoms with Crippen molar-refractivity contribution < 1.29 is 24.0 Å². The lowest BCUT2D eigenvalue weighted by atomic mass is 10.1. The molecule has 1 aromatic carbocycles. The molecule has 3 aromatic rings. The summed E-state index contributed by atoms with van der Waals surface area (Å²) in [5.74, 6) is -1.24. The molecule has 36 heavy (non-hydrogen) atoms. The highest BCUT2D eigenvalue weighted by Crippen LogP contribution is 2.39. The molecule has 10 nitrogen and oxygen atoms in total. The number of fused-ring (bicyclic) bond motifs is 2. The number of thioether (sulfide) groups is 1. The normalized spacial score (nSPS) is 13.0. The number of carbonyl (C=O) groups excluding carboxylic acids is 3. The van der Waals surface area contributed by atoms with Crippen LogP contribution in [0, 0.1) is 10.1 Å². The number of nitro groups is 1. The molecule has 0 saturated heterocycles. The van der Waals surface area contributed by atoms with Crippen LogP contribution < -0.4 is 10.1 Å². The van der Waals surface area contributed by atoms with Gasteiger partial charge >= 0.3 is 5.97 Å². The number of methoxy groups -OCH3 is 1. The molecule has 1 aliphatic carbocycles. The van der Waals surface area contributed by atoms with Gasteiger partial charge in [-0.15, -0.1) is 29.7 Å². The zero-order valence-electron chi connectivity index (χ0n) is 19.3. The van der Waals surface area contributed by atoms with Crippen molar-refractivity contribution >= 4 is 73.1 Å². The fourth-order valence-corrected chi connectivity index (χ4v) is 6.89. The van der Waals surface area contributed by atoms with Gasteiger partial charge in [-0.25, -0.2) is 4.79 Å². The van der Waals surface area contributed by atoms with Crippen LogP contribution in [0.5, 0.6) is 0 Å². The summed E-state index contributed by atoms with van der Waals surface area (Å²) in [5, 5.41) is 14.4. The fourth-order valence-electron chi connectivity index (χ4n) is 3.91. The maximum atomic E-state index is 12.5. The minimum atomic E-state index is -0.474. The van der Waals surface area contributed by atoms with Gasteiger partial charge in [0.25, 0.3) is 11.6 Å². The highest BCUT2D eigenvalue weighted by Gasteiger charge is 2.28. The van der Waals surface area contributed by atoms with Crippen LogP contribution in [-0.4, -0.2) is 45.9 Å². The van der Waals surface area contributed by atoms with E-state index in [-0.39, 0.29) is 23.1 Å². The van der Waals surface area contributed by atoms with E-state index in [1.54, 1.807) is 16.7 Å². The number of aromatic nitrogens is 1. The number of non-ortho nitro benzene ring substituents is 1. The van der Waals surface area contributed by atoms with Crippen LogP contribution in [0.1, 0.15) is 27.2 Å². The number of hydrogen-bond acceptors (Lipinski definition) is 9. The van der Waals surface area contributed by atoms with E-state index in [2.05, 4.69) is 16.9 Å². The smallest absolute Gasteiger partial charge is 0.341 e. The molecule has 0 radical (unpaired) electrons. The SMILES string of the molecule is C=CCn1c(=NC(=O)CSCC(=O)Nc2sc3c(c2C(=O)OC)CCC3)sc2cc([N+](=O)[O-])ccc21. The molecule has 4 rings (SSSR count). The van der Waals surface area contributed by atoms with Gasteiger partial charge in [-0.2, -0.15) is 4.99 Å². The summed E-state index contributed by atoms with van der Waals surface area (Å²) in [7, 11) is 1.31. The molecule has 0 aliphatic heterocycles. The van der Waals surface area contributed by atoms with Crippen molar-refractivity contribution in [3.8, 4) is 0 Å². The number of rotatable bonds is 9. The maximum Gasteiger partial charge on any atom is 0.341 e. The van der Waals surface area contributed by atoms with Gasteiger partial charge in [-0.05, 0) is 30.9 Å². The number of thiazole rings is 1. The van der Waals surface area contributed by atoms with Gasteiger partial charge in [0.05, 0.1) is 39.3 Å². The molecular weight excluding hydrogens is 524 g/mol. The average molecular weight is 547 g/mol. The minimum absolute atomic E-state index is 0.00963. The molecule has 2 aromatic heterocycles. The summed E-state index contributed by atoms with van der Waals surface area (Å²) < 4.78 is 7.29. The van der Waals surface area contributed by atoms with E-state index in [4.69, 9.17) is 4.74 Å². The van der Waals surface area contributed by atoms with Gasteiger partial charge in [0.2, 0.25) is 5.91 Å². The molecule has 1 N–H and O–H groups in total. The van der Waals surface area contributed by atoms with E-state index in [9.17, 15) is 24.5 Å². The molecule has 0 fully saturated rings. The zero-order valence-corrected chi connectivity index (χ0v) is 21.7. The number of carbonyl (C=O) groups is 3. The zero-order chi connectivity index (χ0) is 25.8. The first-order chi connectivity index (χ1) is 17.3. The van der Waals surface area contributed by atoms with Crippen LogP contribution in [0.4, 0.5) is 10.7 Å². The predicted octanol–water partition coefficient (Wildman–Crippen LogP) is 3.93. The highest BCUT2D eigenvalue weighted by molar-refractivity contribution is 8.00. The molecule has 0 atom stereocenters. The molecule has 2 heterocycles. The Hall–Kier alpha value is -3.29. The Kier molecular flexibility index (Phi) is 8.01. The number of aryl methyl sites for hydroxylation is 1. The number of nitrogens with one attached hydrogen (secondary N) is 1. The quantitative estimate of drug-likeness (QED) is 0.186. The molecule has 188 valence electrons. The maximum absolute atomic E-state index is 12.5. The fraction of sp³-hybridized carbons (Fsp3) is 0.304. The second-order valence-electron chi connectivity index (χ2n) is 7.79. The number of nitrogens with zero attached hydrogens (tertiary/aromatic N) is 3. The minimum Gasteiger partial charge on any atom is -0.465 e. The molecule has 0 spiro atoms. The van der Waals surface area contributed by atoms with Gasteiger partial charge in [-0.3, -0.25) is 19.7 Å². The van der Waals surface area contributed by atoms with Crippen LogP contribution >= 0.6 is 34.4 Å². The predicted molar refractivity (Wildman–Crippen MR) is 141 cm³/mol. The standard InChI is InChI=1S/C23H22N4O6S3/c1-3-9-26-15-8-7-13(27(31)32)10-17(15)36-23(26)25-19(29)12-34-11-18(28)24-21-20(22(30)33-2)14-5-4-6-16(14)35-21/h3,7-8,10H,1,4-6,9,11-12H2,2H3,(H,24,28). The number of esters is 1. The molecular formula is C23H22N4O6S3. The second kappa shape index (κ2) is 11.2. The topological polar surface area (TPSA) is 133 Å². The Labute approximate surface area is 217 Å². The Morgan fingerprint density at radius 1 is 1.31 bits per heavy atom. The van der Waals surface area contributed by atoms with Crippen LogP contribution in [0.2, 0.25) is 0 Å². The Morgan fingerprint density at radius 2 is 2.11 bits per heavy atom. The number of amides is 2. The highest BCUT2D eigenvalue weighted by atomic mass is 32.2. The van der Waals surface area contributed by atoms with E-state index >= 15 is 0 Å². The van der Waals surface area contributed by atoms with Crippen molar-refractivity contribution in [1.29, 1.82) is 0 Å². The van der Waals surface area contributed by atoms with Crippen molar-refractivity contribution in [1.82, 2.24) is 4.57 Å². The first-order valence-electron chi connectivity index (χ1n) is 10.9. The first-order valence-corrected chi connectivity index (χ1v) is 13.7. The van der Waals surface area contributed by atoms with Gasteiger partial charge in [0, 0.05) is 23.6 Å². The van der Waals surface area contributed by atoms with Crippen LogP contribution in [0.15, 0.2) is 35.8 Å². The summed E-state index contributed by atoms with van der Waals surface area (Å²) in [6.45, 7) is 4.10. The summed E-state index contributed by atoms with van der Waals surface area (Å²) >= 11 is 3.68. The monoisotopic (exact) mass is 546 g/mol. The number of ether oxygens (including phenoxy) is 1. The van der Waals surface area contributed by atoms with Crippen molar-refractivity contribution in [2.45, 2.75) is 25.8 Å². The first kappa shape index (κ1) is 25.8. The van der Waals surface area contributed by atoms with Gasteiger partial charge in [-0.1, -0.05) is 17.4 Å². The molecule has 1 aliphatic rings. The van der Waals surface area contributed by atoms with E-state index in [0.29, 0.717) is 32.1 Å². The van der Waals surface area contributed by atoms with Crippen molar-refractivity contribution in [3.63, 3.8) is 0 Å². The van der Waals surface area contributed by atoms with Crippen molar-refractivity contribution in [2.24, 2.45) is 4.99 Å². The lowest BCUT2D eigenvalue weighted by Gasteiger charge is -2.06. The lowest BCUT2D eigenvalue weighted by Crippen LogP contribution is -2.19. The van der Waals surface area contributed by atoms with Crippen molar-refractivity contribution in [2.75, 3.05) is 23.9 Å². The molecule has 13 heteroatoms. The van der Waals surface area contributed by atoms with Crippen LogP contribution in [0.3, 0.4) is 0 Å². The summed E-state index contributed by atoms with van der Waals surface area (Å²) in [6, 6.07) is 4.48. The number of hydrogen-bond donors (Lipinski definition) is 1. The average Bonchev–Trinajstić information content (AvgIpc) is 3.51. The van der Waals surface area contributed by atoms with Crippen LogP contribution in [0.25, 0.3) is 10.2 Å². The van der Waals surface area contributed by atoms with Gasteiger partial charge in [0.1, 0.15) is 5.00 Å². The molecule has 0 bridgehead atoms. The lowest BCUT2D eigenvalue weighted by molar-refractivity contribution is -0.384. The third-order valence-electron chi connectivity index (χ3n) is 5.43. The van der Waals surface area contributed by atoms with E-state index in [1.165, 1.54) is 41.9 Å². The van der Waals surface area contributed by atoms with E-state index in [1.807, 2.05) is 0 Å². The molecule has 0 unspecified atom stereocenters. The molecule has 0 saturated carbocycles. The summed E-state index contributed by atoms with van der Waals surface area (Å²) in [5.41, 5.74) is 2.05. The van der Waals surface area contributed by atoms with Gasteiger partial charge in [0.15, 0.2) is 4.80 Å². The third-order valence-corrected chi connectivity index (χ3v) is 8.60. The van der Waals surface area contributed by atoms with E-state index in [0.717, 1.165) is 41.5 Å². The Balaban J connectivity index is 1.42. The Morgan fingerprint density at radius 3 is 2.83 bits per heavy atom. The number of allylic oxidation sites excluding steroid dienone is 1. The van der Waals surface area contributed by atoms with Crippen LogP contribution in [-0.2, 0) is 33.7 Å². The molecule has 2 amide bonds. The summed E-state index contributed by atoms with van der Waals surface area (Å²) in [6.07, 6.45) is 4.29. The number of thiophene rings is 1. The number of nitro benzene ring substituents is 1. The third kappa shape index (κ3) is 5.42. The summed E-state index contributed by atoms with van der Waals surface area (Å²) in [4.78, 5) is 53.5.